The number of aromatic nitrogens is 1. The van der Waals surface area contributed by atoms with Crippen molar-refractivity contribution in [3.8, 4) is 0 Å². The number of guanidine groups is 1. The summed E-state index contributed by atoms with van der Waals surface area (Å²) >= 11 is 0. The molecule has 1 aromatic heterocycles. The summed E-state index contributed by atoms with van der Waals surface area (Å²) in [4.78, 5) is 19.8. The molecule has 8 heteroatoms. The predicted molar refractivity (Wildman–Crippen MR) is 108 cm³/mol. The van der Waals surface area contributed by atoms with E-state index >= 15 is 0 Å². The van der Waals surface area contributed by atoms with Crippen molar-refractivity contribution >= 4 is 41.5 Å². The van der Waals surface area contributed by atoms with Crippen molar-refractivity contribution in [3.05, 3.63) is 59.7 Å². The first-order chi connectivity index (χ1) is 11.6. The van der Waals surface area contributed by atoms with Crippen LogP contribution < -0.4 is 16.0 Å². The van der Waals surface area contributed by atoms with E-state index in [4.69, 9.17) is 0 Å². The molecule has 0 fully saturated rings. The Morgan fingerprint density at radius 3 is 2.72 bits per heavy atom. The van der Waals surface area contributed by atoms with Crippen LogP contribution in [0.5, 0.6) is 0 Å². The maximum Gasteiger partial charge on any atom is 0.243 e. The van der Waals surface area contributed by atoms with Gasteiger partial charge in [-0.05, 0) is 36.2 Å². The fourth-order valence-electron chi connectivity index (χ4n) is 2.03. The quantitative estimate of drug-likeness (QED) is 0.366. The molecule has 6 nitrogen and oxygen atoms in total. The van der Waals surface area contributed by atoms with Crippen LogP contribution in [0, 0.1) is 12.7 Å². The third kappa shape index (κ3) is 7.04. The van der Waals surface area contributed by atoms with Crippen LogP contribution in [-0.4, -0.2) is 30.4 Å². The summed E-state index contributed by atoms with van der Waals surface area (Å²) in [5.74, 6) is 0.0511. The zero-order chi connectivity index (χ0) is 17.4. The molecule has 25 heavy (non-hydrogen) atoms. The van der Waals surface area contributed by atoms with Crippen LogP contribution in [0.2, 0.25) is 0 Å². The van der Waals surface area contributed by atoms with Crippen LogP contribution in [-0.2, 0) is 11.3 Å². The van der Waals surface area contributed by atoms with E-state index in [1.54, 1.807) is 50.6 Å². The van der Waals surface area contributed by atoms with Crippen molar-refractivity contribution in [2.75, 3.05) is 18.9 Å². The highest BCUT2D eigenvalue weighted by atomic mass is 127. The van der Waals surface area contributed by atoms with Crippen LogP contribution in [0.3, 0.4) is 0 Å². The SMILES string of the molecule is CN=C(NCC(=O)Nc1cccnc1)NCc1ccc(F)c(C)c1.I. The van der Waals surface area contributed by atoms with Crippen molar-refractivity contribution in [1.82, 2.24) is 15.6 Å². The molecule has 0 spiro atoms. The largest absolute Gasteiger partial charge is 0.352 e. The Kier molecular flexibility index (Phi) is 8.82. The second-order valence-electron chi connectivity index (χ2n) is 5.15. The molecular formula is C17H21FIN5O. The summed E-state index contributed by atoms with van der Waals surface area (Å²) in [6, 6.07) is 8.41. The number of hydrogen-bond acceptors (Lipinski definition) is 3. The zero-order valence-corrected chi connectivity index (χ0v) is 16.4. The van der Waals surface area contributed by atoms with Gasteiger partial charge in [0, 0.05) is 19.8 Å². The van der Waals surface area contributed by atoms with Crippen molar-refractivity contribution in [2.24, 2.45) is 4.99 Å². The Morgan fingerprint density at radius 2 is 2.08 bits per heavy atom. The lowest BCUT2D eigenvalue weighted by atomic mass is 10.1. The molecule has 1 aromatic carbocycles. The normalized spacial score (nSPS) is 10.6. The monoisotopic (exact) mass is 457 g/mol. The van der Waals surface area contributed by atoms with Gasteiger partial charge >= 0.3 is 0 Å². The third-order valence-electron chi connectivity index (χ3n) is 3.27. The molecule has 0 aliphatic heterocycles. The number of carbonyl (C=O) groups excluding carboxylic acids is 1. The van der Waals surface area contributed by atoms with E-state index in [-0.39, 0.29) is 42.2 Å². The van der Waals surface area contributed by atoms with Gasteiger partial charge in [-0.3, -0.25) is 14.8 Å². The first-order valence-electron chi connectivity index (χ1n) is 7.48. The molecule has 1 heterocycles. The van der Waals surface area contributed by atoms with E-state index < -0.39 is 0 Å². The van der Waals surface area contributed by atoms with E-state index in [1.165, 1.54) is 6.07 Å². The summed E-state index contributed by atoms with van der Waals surface area (Å²) in [6.45, 7) is 2.26. The van der Waals surface area contributed by atoms with Crippen LogP contribution >= 0.6 is 24.0 Å². The van der Waals surface area contributed by atoms with Crippen molar-refractivity contribution in [1.29, 1.82) is 0 Å². The van der Waals surface area contributed by atoms with Gasteiger partial charge in [0.05, 0.1) is 18.4 Å². The summed E-state index contributed by atoms with van der Waals surface area (Å²) < 4.78 is 13.2. The molecule has 0 aliphatic rings. The second kappa shape index (κ2) is 10.6. The Balaban J connectivity index is 0.00000312. The van der Waals surface area contributed by atoms with Gasteiger partial charge in [-0.15, -0.1) is 24.0 Å². The minimum absolute atomic E-state index is 0. The molecule has 0 saturated carbocycles. The third-order valence-corrected chi connectivity index (χ3v) is 3.27. The molecule has 0 radical (unpaired) electrons. The number of amides is 1. The van der Waals surface area contributed by atoms with Gasteiger partial charge in [-0.1, -0.05) is 12.1 Å². The molecule has 0 bridgehead atoms. The number of aryl methyl sites for hydroxylation is 1. The number of rotatable bonds is 5. The highest BCUT2D eigenvalue weighted by molar-refractivity contribution is 14.0. The number of nitrogens with zero attached hydrogens (tertiary/aromatic N) is 2. The topological polar surface area (TPSA) is 78.4 Å². The van der Waals surface area contributed by atoms with E-state index in [2.05, 4.69) is 25.9 Å². The number of nitrogens with one attached hydrogen (secondary N) is 3. The van der Waals surface area contributed by atoms with Crippen molar-refractivity contribution in [2.45, 2.75) is 13.5 Å². The maximum atomic E-state index is 13.2. The zero-order valence-electron chi connectivity index (χ0n) is 14.0. The number of pyridine rings is 1. The Bertz CT molecular complexity index is 724. The fraction of sp³-hybridized carbons (Fsp3) is 0.235. The van der Waals surface area contributed by atoms with Gasteiger partial charge in [0.1, 0.15) is 5.82 Å². The number of carbonyl (C=O) groups is 1. The van der Waals surface area contributed by atoms with Crippen molar-refractivity contribution in [3.63, 3.8) is 0 Å². The molecule has 2 aromatic rings. The van der Waals surface area contributed by atoms with Gasteiger partial charge in [-0.2, -0.15) is 0 Å². The number of benzene rings is 1. The highest BCUT2D eigenvalue weighted by Crippen LogP contribution is 2.08. The van der Waals surface area contributed by atoms with Crippen molar-refractivity contribution < 1.29 is 9.18 Å². The Labute approximate surface area is 163 Å². The fourth-order valence-corrected chi connectivity index (χ4v) is 2.03. The van der Waals surface area contributed by atoms with E-state index in [0.29, 0.717) is 23.8 Å². The van der Waals surface area contributed by atoms with Crippen LogP contribution in [0.1, 0.15) is 11.1 Å². The smallest absolute Gasteiger partial charge is 0.243 e. The first kappa shape index (κ1) is 20.8. The summed E-state index contributed by atoms with van der Waals surface area (Å²) in [7, 11) is 1.62. The standard InChI is InChI=1S/C17H20FN5O.HI/c1-12-8-13(5-6-15(12)18)9-21-17(19-2)22-11-16(24)23-14-4-3-7-20-10-14;/h3-8,10H,9,11H2,1-2H3,(H,23,24)(H2,19,21,22);1H. The van der Waals surface area contributed by atoms with Gasteiger partial charge in [0.2, 0.25) is 5.91 Å². The average molecular weight is 457 g/mol. The van der Waals surface area contributed by atoms with E-state index in [0.717, 1.165) is 5.56 Å². The van der Waals surface area contributed by atoms with Crippen LogP contribution in [0.4, 0.5) is 10.1 Å². The lowest BCUT2D eigenvalue weighted by Gasteiger charge is -2.12. The number of halogens is 2. The van der Waals surface area contributed by atoms with E-state index in [1.807, 2.05) is 0 Å². The first-order valence-corrected chi connectivity index (χ1v) is 7.48. The molecule has 0 aliphatic carbocycles. The molecule has 2 rings (SSSR count). The summed E-state index contributed by atoms with van der Waals surface area (Å²) in [5, 5.41) is 8.71. The van der Waals surface area contributed by atoms with Gasteiger partial charge in [-0.25, -0.2) is 4.39 Å². The van der Waals surface area contributed by atoms with Gasteiger partial charge < -0.3 is 16.0 Å². The van der Waals surface area contributed by atoms with Gasteiger partial charge in [0.25, 0.3) is 0 Å². The Hall–Kier alpha value is -2.23. The van der Waals surface area contributed by atoms with Crippen LogP contribution in [0.15, 0.2) is 47.7 Å². The lowest BCUT2D eigenvalue weighted by Crippen LogP contribution is -2.41. The molecule has 0 atom stereocenters. The molecule has 134 valence electrons. The highest BCUT2D eigenvalue weighted by Gasteiger charge is 2.05. The molecule has 1 amide bonds. The minimum atomic E-state index is -0.228. The second-order valence-corrected chi connectivity index (χ2v) is 5.15. The number of aliphatic imine (C=N–C) groups is 1. The molecule has 3 N–H and O–H groups in total. The number of anilines is 1. The Morgan fingerprint density at radius 1 is 1.28 bits per heavy atom. The maximum absolute atomic E-state index is 13.2. The average Bonchev–Trinajstić information content (AvgIpc) is 2.59. The summed E-state index contributed by atoms with van der Waals surface area (Å²) in [6.07, 6.45) is 3.21. The lowest BCUT2D eigenvalue weighted by molar-refractivity contribution is -0.115. The molecular weight excluding hydrogens is 436 g/mol. The predicted octanol–water partition coefficient (Wildman–Crippen LogP) is 2.45. The molecule has 0 unspecified atom stereocenters. The minimum Gasteiger partial charge on any atom is -0.352 e. The van der Waals surface area contributed by atoms with Crippen LogP contribution in [0.25, 0.3) is 0 Å². The number of hydrogen-bond donors (Lipinski definition) is 3. The van der Waals surface area contributed by atoms with Gasteiger partial charge in [0.15, 0.2) is 5.96 Å². The van der Waals surface area contributed by atoms with E-state index in [9.17, 15) is 9.18 Å². The molecule has 0 saturated heterocycles. The summed E-state index contributed by atoms with van der Waals surface area (Å²) in [5.41, 5.74) is 2.15.